The molecular weight excluding hydrogens is 607 g/mol. The smallest absolute Gasteiger partial charge is 0.133 e. The lowest BCUT2D eigenvalue weighted by molar-refractivity contribution is -0.0449. The maximum Gasteiger partial charge on any atom is 0.133 e. The second-order valence-corrected chi connectivity index (χ2v) is 17.6. The quantitative estimate of drug-likeness (QED) is 0.191. The number of ether oxygens (including phenoxy) is 1. The van der Waals surface area contributed by atoms with Gasteiger partial charge in [0.2, 0.25) is 0 Å². The SMILES string of the molecule is CC1(C)CCC(C)(C)c2c(-c3ccc(N(c4ccccc4)c4cccc5c4C4(c6ccccc6O5)C5CC6CC(C5)CC4C6)cc3)cccc21. The van der Waals surface area contributed by atoms with Crippen molar-refractivity contribution in [3.05, 3.63) is 138 Å². The Kier molecular flexibility index (Phi) is 6.62. The van der Waals surface area contributed by atoms with Gasteiger partial charge in [0, 0.05) is 27.9 Å². The van der Waals surface area contributed by atoms with E-state index >= 15 is 0 Å². The molecule has 4 bridgehead atoms. The van der Waals surface area contributed by atoms with Crippen molar-refractivity contribution in [2.24, 2.45) is 23.7 Å². The van der Waals surface area contributed by atoms with Gasteiger partial charge in [-0.1, -0.05) is 100 Å². The minimum absolute atomic E-state index is 0.0390. The zero-order valence-electron chi connectivity index (χ0n) is 30.1. The van der Waals surface area contributed by atoms with Crippen molar-refractivity contribution in [3.8, 4) is 22.6 Å². The summed E-state index contributed by atoms with van der Waals surface area (Å²) >= 11 is 0. The van der Waals surface area contributed by atoms with Crippen LogP contribution in [0.5, 0.6) is 11.5 Å². The van der Waals surface area contributed by atoms with E-state index in [0.29, 0.717) is 11.8 Å². The molecule has 2 nitrogen and oxygen atoms in total. The van der Waals surface area contributed by atoms with Crippen molar-refractivity contribution in [2.75, 3.05) is 4.90 Å². The zero-order valence-corrected chi connectivity index (χ0v) is 30.1. The highest BCUT2D eigenvalue weighted by Gasteiger charge is 2.62. The van der Waals surface area contributed by atoms with Crippen molar-refractivity contribution in [1.82, 2.24) is 0 Å². The summed E-state index contributed by atoms with van der Waals surface area (Å²) in [5, 5.41) is 0. The Morgan fingerprint density at radius 3 is 1.86 bits per heavy atom. The first-order chi connectivity index (χ1) is 24.2. The molecule has 0 amide bonds. The predicted molar refractivity (Wildman–Crippen MR) is 206 cm³/mol. The highest BCUT2D eigenvalue weighted by molar-refractivity contribution is 5.84. The second kappa shape index (κ2) is 10.8. The lowest BCUT2D eigenvalue weighted by atomic mass is 9.41. The van der Waals surface area contributed by atoms with Crippen LogP contribution in [-0.4, -0.2) is 0 Å². The highest BCUT2D eigenvalue weighted by atomic mass is 16.5. The molecular formula is C48H49NO. The molecule has 50 heavy (non-hydrogen) atoms. The Labute approximate surface area is 298 Å². The number of benzene rings is 5. The van der Waals surface area contributed by atoms with Crippen LogP contribution >= 0.6 is 0 Å². The molecule has 2 heteroatoms. The van der Waals surface area contributed by atoms with Crippen LogP contribution in [0, 0.1) is 23.7 Å². The molecule has 4 fully saturated rings. The third-order valence-electron chi connectivity index (χ3n) is 13.9. The molecule has 0 saturated heterocycles. The highest BCUT2D eigenvalue weighted by Crippen LogP contribution is 2.70. The molecule has 252 valence electrons. The Balaban J connectivity index is 1.16. The van der Waals surface area contributed by atoms with Crippen LogP contribution in [0.15, 0.2) is 115 Å². The summed E-state index contributed by atoms with van der Waals surface area (Å²) in [5.74, 6) is 5.15. The van der Waals surface area contributed by atoms with Gasteiger partial charge in [0.1, 0.15) is 11.5 Å². The third kappa shape index (κ3) is 4.33. The molecule has 0 aromatic heterocycles. The van der Waals surface area contributed by atoms with Gasteiger partial charge in [0.25, 0.3) is 0 Å². The van der Waals surface area contributed by atoms with Crippen LogP contribution in [0.3, 0.4) is 0 Å². The first-order valence-electron chi connectivity index (χ1n) is 19.2. The van der Waals surface area contributed by atoms with Crippen LogP contribution < -0.4 is 9.64 Å². The van der Waals surface area contributed by atoms with E-state index in [1.54, 1.807) is 0 Å². The molecule has 5 aromatic rings. The molecule has 0 atom stereocenters. The van der Waals surface area contributed by atoms with Gasteiger partial charge >= 0.3 is 0 Å². The standard InChI is InChI=1S/C48H49NO/c1-46(2)24-25-47(3,4)44-38(14-10-16-40(44)46)33-20-22-37(23-21-33)49(36-12-6-5-7-13-36)41-17-11-19-43-45(41)48(39-15-8-9-18-42(39)50-43)34-27-31-26-32(29-34)30-35(48)28-31/h5-23,31-32,34-35H,24-30H2,1-4H3. The third-order valence-corrected chi connectivity index (χ3v) is 13.9. The molecule has 0 unspecified atom stereocenters. The molecule has 1 aliphatic heterocycles. The Hall–Kier alpha value is -4.30. The zero-order chi connectivity index (χ0) is 33.8. The summed E-state index contributed by atoms with van der Waals surface area (Å²) < 4.78 is 6.91. The molecule has 5 aromatic carbocycles. The summed E-state index contributed by atoms with van der Waals surface area (Å²) in [6.07, 6.45) is 9.22. The van der Waals surface area contributed by atoms with Gasteiger partial charge in [-0.3, -0.25) is 0 Å². The Morgan fingerprint density at radius 1 is 0.520 bits per heavy atom. The fourth-order valence-electron chi connectivity index (χ4n) is 11.9. The van der Waals surface area contributed by atoms with Crippen LogP contribution in [0.4, 0.5) is 17.1 Å². The van der Waals surface area contributed by atoms with Crippen molar-refractivity contribution < 1.29 is 4.74 Å². The Morgan fingerprint density at radius 2 is 1.12 bits per heavy atom. The number of anilines is 3. The Bertz CT molecular complexity index is 2080. The van der Waals surface area contributed by atoms with Crippen molar-refractivity contribution >= 4 is 17.1 Å². The number of nitrogens with zero attached hydrogens (tertiary/aromatic N) is 1. The van der Waals surface area contributed by atoms with E-state index in [9.17, 15) is 0 Å². The van der Waals surface area contributed by atoms with Gasteiger partial charge in [0.05, 0.1) is 5.69 Å². The van der Waals surface area contributed by atoms with Gasteiger partial charge in [-0.15, -0.1) is 0 Å². The summed E-state index contributed by atoms with van der Waals surface area (Å²) in [6, 6.07) is 43.4. The lowest BCUT2D eigenvalue weighted by Crippen LogP contribution is -2.57. The minimum atomic E-state index is -0.0390. The number of hydrogen-bond donors (Lipinski definition) is 0. The normalized spacial score (nSPS) is 27.6. The van der Waals surface area contributed by atoms with E-state index in [0.717, 1.165) is 23.3 Å². The molecule has 11 rings (SSSR count). The lowest BCUT2D eigenvalue weighted by Gasteiger charge is -2.63. The van der Waals surface area contributed by atoms with Gasteiger partial charge in [0.15, 0.2) is 0 Å². The average molecular weight is 656 g/mol. The molecule has 5 aliphatic carbocycles. The van der Waals surface area contributed by atoms with Gasteiger partial charge in [-0.2, -0.15) is 0 Å². The van der Waals surface area contributed by atoms with E-state index in [-0.39, 0.29) is 16.2 Å². The fourth-order valence-corrected chi connectivity index (χ4v) is 11.9. The molecule has 0 radical (unpaired) electrons. The van der Waals surface area contributed by atoms with Crippen LogP contribution in [-0.2, 0) is 16.2 Å². The summed E-state index contributed by atoms with van der Waals surface area (Å²) in [5.41, 5.74) is 12.5. The van der Waals surface area contributed by atoms with Crippen molar-refractivity contribution in [1.29, 1.82) is 0 Å². The number of fused-ring (bicyclic) bond motifs is 3. The van der Waals surface area contributed by atoms with Crippen LogP contribution in [0.2, 0.25) is 0 Å². The number of hydrogen-bond acceptors (Lipinski definition) is 2. The summed E-state index contributed by atoms with van der Waals surface area (Å²) in [4.78, 5) is 2.53. The molecule has 0 N–H and O–H groups in total. The van der Waals surface area contributed by atoms with E-state index in [1.807, 2.05) is 0 Å². The topological polar surface area (TPSA) is 12.5 Å². The number of para-hydroxylation sites is 2. The number of rotatable bonds is 4. The molecule has 1 heterocycles. The van der Waals surface area contributed by atoms with Crippen LogP contribution in [0.25, 0.3) is 11.1 Å². The van der Waals surface area contributed by atoms with Gasteiger partial charge < -0.3 is 9.64 Å². The average Bonchev–Trinajstić information content (AvgIpc) is 3.12. The first kappa shape index (κ1) is 30.5. The van der Waals surface area contributed by atoms with Crippen molar-refractivity contribution in [3.63, 3.8) is 0 Å². The minimum Gasteiger partial charge on any atom is -0.457 e. The van der Waals surface area contributed by atoms with Crippen LogP contribution in [0.1, 0.15) is 94.9 Å². The molecule has 4 saturated carbocycles. The maximum atomic E-state index is 6.91. The predicted octanol–water partition coefficient (Wildman–Crippen LogP) is 13.0. The summed E-state index contributed by atoms with van der Waals surface area (Å²) in [6.45, 7) is 9.72. The second-order valence-electron chi connectivity index (χ2n) is 17.6. The first-order valence-corrected chi connectivity index (χ1v) is 19.2. The van der Waals surface area contributed by atoms with E-state index in [1.165, 1.54) is 95.4 Å². The maximum absolute atomic E-state index is 6.91. The largest absolute Gasteiger partial charge is 0.457 e. The monoisotopic (exact) mass is 655 g/mol. The van der Waals surface area contributed by atoms with E-state index in [2.05, 4.69) is 148 Å². The molecule has 1 spiro atoms. The van der Waals surface area contributed by atoms with Crippen molar-refractivity contribution in [2.45, 2.75) is 88.9 Å². The van der Waals surface area contributed by atoms with E-state index < -0.39 is 0 Å². The van der Waals surface area contributed by atoms with Gasteiger partial charge in [-0.25, -0.2) is 0 Å². The molecule has 6 aliphatic rings. The summed E-state index contributed by atoms with van der Waals surface area (Å²) in [7, 11) is 0. The van der Waals surface area contributed by atoms with E-state index in [4.69, 9.17) is 4.74 Å². The fraction of sp³-hybridized carbons (Fsp3) is 0.375. The van der Waals surface area contributed by atoms with Gasteiger partial charge in [-0.05, 0) is 144 Å².